The molecule has 4 rings (SSSR count). The molecule has 276 valence electrons. The van der Waals surface area contributed by atoms with Crippen molar-refractivity contribution in [1.82, 2.24) is 0 Å². The quantitative estimate of drug-likeness (QED) is 0.294. The number of benzene rings is 2. The Bertz CT molecular complexity index is 1410. The molecule has 0 bridgehead atoms. The normalized spacial score (nSPS) is 23.1. The van der Waals surface area contributed by atoms with Crippen molar-refractivity contribution in [3.8, 4) is 11.5 Å². The molecule has 0 N–H and O–H groups in total. The first-order valence-electron chi connectivity index (χ1n) is 17.9. The SMILES string of the molecule is CC(C)(C)c1cc(C(C)(C)C)c(OP2OCC3(CCOP(Oc4c(C(C)(C)C)cc(C(C)(C)C)cc4C(C)(C)C)O3)CO2)c(C(C)(C)C)c1. The fourth-order valence-corrected chi connectivity index (χ4v) is 8.40. The highest BCUT2D eigenvalue weighted by Crippen LogP contribution is 2.58. The van der Waals surface area contributed by atoms with E-state index in [4.69, 9.17) is 27.1 Å². The van der Waals surface area contributed by atoms with Gasteiger partial charge in [-0.2, -0.15) is 0 Å². The molecule has 0 radical (unpaired) electrons. The van der Waals surface area contributed by atoms with Crippen LogP contribution in [0.15, 0.2) is 24.3 Å². The molecule has 2 aromatic carbocycles. The van der Waals surface area contributed by atoms with Gasteiger partial charge in [0.15, 0.2) is 0 Å². The van der Waals surface area contributed by atoms with Gasteiger partial charge in [0.1, 0.15) is 17.1 Å². The summed E-state index contributed by atoms with van der Waals surface area (Å²) in [7, 11) is -3.33. The highest BCUT2D eigenvalue weighted by molar-refractivity contribution is 7.42. The van der Waals surface area contributed by atoms with Crippen molar-refractivity contribution in [2.75, 3.05) is 19.8 Å². The summed E-state index contributed by atoms with van der Waals surface area (Å²) in [4.78, 5) is 0. The minimum atomic E-state index is -1.70. The van der Waals surface area contributed by atoms with Crippen molar-refractivity contribution >= 4 is 17.2 Å². The molecule has 8 heteroatoms. The summed E-state index contributed by atoms with van der Waals surface area (Å²) in [5, 5.41) is 0. The maximum Gasteiger partial charge on any atom is 0.397 e. The highest BCUT2D eigenvalue weighted by atomic mass is 31.2. The maximum absolute atomic E-state index is 6.82. The fraction of sp³-hybridized carbons (Fsp3) is 0.707. The lowest BCUT2D eigenvalue weighted by atomic mass is 9.75. The van der Waals surface area contributed by atoms with Gasteiger partial charge in [-0.25, -0.2) is 0 Å². The predicted octanol–water partition coefficient (Wildman–Crippen LogP) is 12.6. The second-order valence-electron chi connectivity index (χ2n) is 20.3. The molecule has 0 aromatic heterocycles. The molecule has 0 amide bonds. The monoisotopic (exact) mass is 716 g/mol. The molecular formula is C41H66O6P2. The lowest BCUT2D eigenvalue weighted by Crippen LogP contribution is -2.47. The molecule has 6 nitrogen and oxygen atoms in total. The molecular weight excluding hydrogens is 650 g/mol. The summed E-state index contributed by atoms with van der Waals surface area (Å²) >= 11 is 0. The van der Waals surface area contributed by atoms with Crippen LogP contribution in [0.2, 0.25) is 0 Å². The topological polar surface area (TPSA) is 55.4 Å². The van der Waals surface area contributed by atoms with E-state index in [-0.39, 0.29) is 32.5 Å². The fourth-order valence-electron chi connectivity index (χ4n) is 5.95. The third-order valence-corrected chi connectivity index (χ3v) is 11.6. The minimum Gasteiger partial charge on any atom is -0.426 e. The van der Waals surface area contributed by atoms with E-state index < -0.39 is 22.8 Å². The predicted molar refractivity (Wildman–Crippen MR) is 206 cm³/mol. The Hall–Kier alpha value is -1.26. The second-order valence-corrected chi connectivity index (χ2v) is 22.6. The van der Waals surface area contributed by atoms with Crippen molar-refractivity contribution in [3.05, 3.63) is 57.6 Å². The van der Waals surface area contributed by atoms with Crippen LogP contribution in [-0.2, 0) is 50.6 Å². The molecule has 2 heterocycles. The van der Waals surface area contributed by atoms with Gasteiger partial charge in [-0.05, 0) is 43.6 Å². The molecule has 2 fully saturated rings. The van der Waals surface area contributed by atoms with E-state index in [1.54, 1.807) is 0 Å². The highest BCUT2D eigenvalue weighted by Gasteiger charge is 2.47. The Kier molecular flexibility index (Phi) is 11.3. The van der Waals surface area contributed by atoms with Crippen LogP contribution in [-0.4, -0.2) is 25.4 Å². The molecule has 1 spiro atoms. The Morgan fingerprint density at radius 3 is 1.10 bits per heavy atom. The van der Waals surface area contributed by atoms with Crippen LogP contribution in [0.5, 0.6) is 11.5 Å². The third-order valence-electron chi connectivity index (χ3n) is 9.36. The lowest BCUT2D eigenvalue weighted by Gasteiger charge is -2.43. The van der Waals surface area contributed by atoms with Gasteiger partial charge in [-0.15, -0.1) is 0 Å². The van der Waals surface area contributed by atoms with Gasteiger partial charge in [-0.3, -0.25) is 13.6 Å². The zero-order chi connectivity index (χ0) is 37.2. The zero-order valence-corrected chi connectivity index (χ0v) is 35.8. The van der Waals surface area contributed by atoms with Crippen LogP contribution in [0.25, 0.3) is 0 Å². The van der Waals surface area contributed by atoms with Crippen LogP contribution < -0.4 is 9.05 Å². The minimum absolute atomic E-state index is 0.00111. The van der Waals surface area contributed by atoms with E-state index >= 15 is 0 Å². The van der Waals surface area contributed by atoms with Gasteiger partial charge in [0.2, 0.25) is 0 Å². The third kappa shape index (κ3) is 9.60. The van der Waals surface area contributed by atoms with E-state index in [0.717, 1.165) is 22.6 Å². The van der Waals surface area contributed by atoms with Gasteiger partial charge < -0.3 is 13.6 Å². The van der Waals surface area contributed by atoms with Crippen LogP contribution in [0.4, 0.5) is 0 Å². The molecule has 2 aliphatic heterocycles. The van der Waals surface area contributed by atoms with Gasteiger partial charge >= 0.3 is 17.2 Å². The summed E-state index contributed by atoms with van der Waals surface area (Å²) in [5.74, 6) is 1.74. The molecule has 2 aliphatic rings. The average Bonchev–Trinajstić information content (AvgIpc) is 2.91. The first-order chi connectivity index (χ1) is 22.0. The summed E-state index contributed by atoms with van der Waals surface area (Å²) < 4.78 is 39.3. The van der Waals surface area contributed by atoms with E-state index in [2.05, 4.69) is 149 Å². The molecule has 1 atom stereocenters. The van der Waals surface area contributed by atoms with Crippen LogP contribution in [0.1, 0.15) is 164 Å². The van der Waals surface area contributed by atoms with Crippen molar-refractivity contribution < 1.29 is 27.1 Å². The van der Waals surface area contributed by atoms with Gasteiger partial charge in [0.25, 0.3) is 0 Å². The zero-order valence-electron chi connectivity index (χ0n) is 34.0. The van der Waals surface area contributed by atoms with Crippen LogP contribution in [0.3, 0.4) is 0 Å². The van der Waals surface area contributed by atoms with E-state index in [9.17, 15) is 0 Å². The summed E-state index contributed by atoms with van der Waals surface area (Å²) in [5.41, 5.74) is 6.02. The smallest absolute Gasteiger partial charge is 0.397 e. The summed E-state index contributed by atoms with van der Waals surface area (Å²) in [6, 6.07) is 9.23. The molecule has 1 unspecified atom stereocenters. The van der Waals surface area contributed by atoms with Crippen molar-refractivity contribution in [1.29, 1.82) is 0 Å². The van der Waals surface area contributed by atoms with Crippen LogP contribution >= 0.6 is 17.2 Å². The van der Waals surface area contributed by atoms with Crippen LogP contribution in [0, 0.1) is 0 Å². The van der Waals surface area contributed by atoms with Gasteiger partial charge in [-0.1, -0.05) is 149 Å². The molecule has 49 heavy (non-hydrogen) atoms. The molecule has 2 saturated heterocycles. The van der Waals surface area contributed by atoms with Crippen molar-refractivity contribution in [2.24, 2.45) is 0 Å². The Balaban J connectivity index is 1.60. The number of rotatable bonds is 4. The maximum atomic E-state index is 6.82. The standard InChI is InChI=1S/C41H66O6P2/c1-35(2,3)27-21-29(37(7,8)9)33(30(22-27)38(10,11)12)45-48-43-25-41(26-44-48)19-20-42-49(47-41)46-34-31(39(13,14)15)23-28(36(4,5)6)24-32(34)40(16,17)18/h21-24H,19-20,25-26H2,1-18H3. The largest absolute Gasteiger partial charge is 0.426 e. The van der Waals surface area contributed by atoms with Gasteiger partial charge in [0, 0.05) is 28.7 Å². The number of hydrogen-bond acceptors (Lipinski definition) is 6. The Morgan fingerprint density at radius 1 is 0.469 bits per heavy atom. The average molecular weight is 717 g/mol. The van der Waals surface area contributed by atoms with Crippen molar-refractivity contribution in [3.63, 3.8) is 0 Å². The lowest BCUT2D eigenvalue weighted by molar-refractivity contribution is -0.0904. The Labute approximate surface area is 301 Å². The van der Waals surface area contributed by atoms with E-state index in [1.807, 2.05) is 0 Å². The Morgan fingerprint density at radius 2 is 0.796 bits per heavy atom. The first-order valence-corrected chi connectivity index (χ1v) is 20.1. The molecule has 0 saturated carbocycles. The van der Waals surface area contributed by atoms with Gasteiger partial charge in [0.05, 0.1) is 19.8 Å². The molecule has 2 aromatic rings. The number of hydrogen-bond donors (Lipinski definition) is 0. The summed E-state index contributed by atoms with van der Waals surface area (Å²) in [6.45, 7) is 41.7. The van der Waals surface area contributed by atoms with Crippen molar-refractivity contribution in [2.45, 2.75) is 169 Å². The molecule has 0 aliphatic carbocycles. The van der Waals surface area contributed by atoms with E-state index in [0.29, 0.717) is 26.2 Å². The van der Waals surface area contributed by atoms with E-state index in [1.165, 1.54) is 22.3 Å². The first kappa shape index (κ1) is 40.5. The second kappa shape index (κ2) is 13.6. The summed E-state index contributed by atoms with van der Waals surface area (Å²) in [6.07, 6.45) is 0.653.